The van der Waals surface area contributed by atoms with Gasteiger partial charge in [0.1, 0.15) is 10.6 Å². The Kier molecular flexibility index (Phi) is 6.32. The van der Waals surface area contributed by atoms with Crippen LogP contribution in [0.15, 0.2) is 23.1 Å². The van der Waals surface area contributed by atoms with E-state index in [1.165, 1.54) is 25.3 Å². The predicted octanol–water partition coefficient (Wildman–Crippen LogP) is 1.69. The fraction of sp³-hybridized carbons (Fsp3) is 0.455. The lowest BCUT2D eigenvalue weighted by molar-refractivity contribution is -0.0327. The number of ether oxygens (including phenoxy) is 1. The molecule has 10 heteroatoms. The molecule has 3 N–H and O–H groups in total. The molecule has 0 bridgehead atoms. The number of nitrogens with two attached hydrogens (primary N) is 1. The number of hydrogen-bond donors (Lipinski definition) is 2. The molecule has 0 amide bonds. The minimum atomic E-state index is -4.38. The lowest BCUT2D eigenvalue weighted by Gasteiger charge is -2.12. The van der Waals surface area contributed by atoms with Gasteiger partial charge in [-0.15, -0.1) is 0 Å². The van der Waals surface area contributed by atoms with Crippen molar-refractivity contribution in [1.29, 1.82) is 0 Å². The number of rotatable bonds is 7. The minimum absolute atomic E-state index is 0.0916. The quantitative estimate of drug-likeness (QED) is 0.736. The highest BCUT2D eigenvalue weighted by Gasteiger charge is 2.28. The molecule has 0 heterocycles. The van der Waals surface area contributed by atoms with Crippen LogP contribution in [0.2, 0.25) is 0 Å². The largest absolute Gasteiger partial charge is 0.495 e. The van der Waals surface area contributed by atoms with Gasteiger partial charge in [-0.05, 0) is 29.5 Å². The van der Waals surface area contributed by atoms with Crippen LogP contribution in [0, 0.1) is 0 Å². The standard InChI is InChI=1S/C11H15F3N2O3S2/c1-19-9-6-8(7-15)2-3-10(9)21(17,18)16-4-5-20-11(12,13)14/h2-3,6,16H,4-5,7,15H2,1H3. The van der Waals surface area contributed by atoms with Gasteiger partial charge in [0, 0.05) is 18.8 Å². The van der Waals surface area contributed by atoms with Gasteiger partial charge in [-0.3, -0.25) is 0 Å². The van der Waals surface area contributed by atoms with E-state index in [-0.39, 0.29) is 35.5 Å². The topological polar surface area (TPSA) is 81.4 Å². The fourth-order valence-corrected chi connectivity index (χ4v) is 3.23. The predicted molar refractivity (Wildman–Crippen MR) is 74.6 cm³/mol. The first-order valence-corrected chi connectivity index (χ1v) is 8.24. The Morgan fingerprint density at radius 1 is 1.38 bits per heavy atom. The third-order valence-corrected chi connectivity index (χ3v) is 4.65. The summed E-state index contributed by atoms with van der Waals surface area (Å²) in [7, 11) is -2.64. The zero-order valence-electron chi connectivity index (χ0n) is 11.1. The number of benzene rings is 1. The Bertz CT molecular complexity index is 577. The summed E-state index contributed by atoms with van der Waals surface area (Å²) >= 11 is -0.289. The average Bonchev–Trinajstić information content (AvgIpc) is 2.42. The van der Waals surface area contributed by atoms with Crippen molar-refractivity contribution in [3.63, 3.8) is 0 Å². The van der Waals surface area contributed by atoms with Gasteiger partial charge in [0.2, 0.25) is 10.0 Å². The first-order chi connectivity index (χ1) is 9.69. The van der Waals surface area contributed by atoms with E-state index in [1.807, 2.05) is 0 Å². The van der Waals surface area contributed by atoms with Crippen LogP contribution in [0.4, 0.5) is 13.2 Å². The van der Waals surface area contributed by atoms with Crippen molar-refractivity contribution in [3.8, 4) is 5.75 Å². The minimum Gasteiger partial charge on any atom is -0.495 e. The van der Waals surface area contributed by atoms with Crippen LogP contribution in [-0.4, -0.2) is 33.3 Å². The van der Waals surface area contributed by atoms with Gasteiger partial charge in [-0.2, -0.15) is 13.2 Å². The number of nitrogens with one attached hydrogen (secondary N) is 1. The van der Waals surface area contributed by atoms with Gasteiger partial charge >= 0.3 is 5.51 Å². The summed E-state index contributed by atoms with van der Waals surface area (Å²) in [6.45, 7) is -0.124. The average molecular weight is 344 g/mol. The highest BCUT2D eigenvalue weighted by Crippen LogP contribution is 2.29. The molecule has 21 heavy (non-hydrogen) atoms. The maximum atomic E-state index is 12.0. The Morgan fingerprint density at radius 3 is 2.57 bits per heavy atom. The first kappa shape index (κ1) is 18.1. The molecule has 0 aromatic heterocycles. The monoisotopic (exact) mass is 344 g/mol. The Hall–Kier alpha value is -0.970. The normalized spacial score (nSPS) is 12.4. The molecule has 0 spiro atoms. The van der Waals surface area contributed by atoms with Gasteiger partial charge in [0.25, 0.3) is 0 Å². The van der Waals surface area contributed by atoms with Crippen molar-refractivity contribution in [2.45, 2.75) is 16.9 Å². The summed E-state index contributed by atoms with van der Waals surface area (Å²) in [5, 5.41) is 0. The second-order valence-corrected chi connectivity index (χ2v) is 6.78. The van der Waals surface area contributed by atoms with Gasteiger partial charge in [0.05, 0.1) is 7.11 Å². The Morgan fingerprint density at radius 2 is 2.05 bits per heavy atom. The molecular weight excluding hydrogens is 329 g/mol. The molecule has 0 radical (unpaired) electrons. The zero-order valence-corrected chi connectivity index (χ0v) is 12.7. The highest BCUT2D eigenvalue weighted by atomic mass is 32.2. The van der Waals surface area contributed by atoms with E-state index < -0.39 is 21.3 Å². The molecular formula is C11H15F3N2O3S2. The molecule has 0 fully saturated rings. The molecule has 1 aromatic carbocycles. The molecule has 0 saturated heterocycles. The summed E-state index contributed by atoms with van der Waals surface area (Å²) in [4.78, 5) is -0.140. The van der Waals surface area contributed by atoms with Gasteiger partial charge < -0.3 is 10.5 Å². The molecule has 1 aromatic rings. The molecule has 0 unspecified atom stereocenters. The van der Waals surface area contributed by atoms with Crippen LogP contribution in [0.25, 0.3) is 0 Å². The number of thioether (sulfide) groups is 1. The fourth-order valence-electron chi connectivity index (χ4n) is 1.48. The van der Waals surface area contributed by atoms with Crippen LogP contribution < -0.4 is 15.2 Å². The SMILES string of the molecule is COc1cc(CN)ccc1S(=O)(=O)NCCSC(F)(F)F. The molecule has 1 rings (SSSR count). The van der Waals surface area contributed by atoms with E-state index in [4.69, 9.17) is 10.5 Å². The van der Waals surface area contributed by atoms with Crippen LogP contribution in [0.3, 0.4) is 0 Å². The summed E-state index contributed by atoms with van der Waals surface area (Å²) in [6, 6.07) is 4.29. The zero-order chi connectivity index (χ0) is 16.1. The van der Waals surface area contributed by atoms with Crippen molar-refractivity contribution < 1.29 is 26.3 Å². The van der Waals surface area contributed by atoms with E-state index >= 15 is 0 Å². The van der Waals surface area contributed by atoms with Crippen LogP contribution >= 0.6 is 11.8 Å². The second kappa shape index (κ2) is 7.34. The van der Waals surface area contributed by atoms with Crippen LogP contribution in [0.5, 0.6) is 5.75 Å². The van der Waals surface area contributed by atoms with Crippen LogP contribution in [0.1, 0.15) is 5.56 Å². The first-order valence-electron chi connectivity index (χ1n) is 5.77. The van der Waals surface area contributed by atoms with Crippen molar-refractivity contribution in [3.05, 3.63) is 23.8 Å². The molecule has 0 aliphatic heterocycles. The molecule has 5 nitrogen and oxygen atoms in total. The molecule has 0 atom stereocenters. The summed E-state index contributed by atoms with van der Waals surface area (Å²) in [6.07, 6.45) is 0. The maximum absolute atomic E-state index is 12.0. The number of methoxy groups -OCH3 is 1. The number of hydrogen-bond acceptors (Lipinski definition) is 5. The number of halogens is 3. The van der Waals surface area contributed by atoms with E-state index in [1.54, 1.807) is 0 Å². The summed E-state index contributed by atoms with van der Waals surface area (Å²) in [5.74, 6) is -0.319. The molecule has 0 aliphatic carbocycles. The maximum Gasteiger partial charge on any atom is 0.441 e. The van der Waals surface area contributed by atoms with E-state index in [2.05, 4.69) is 4.72 Å². The third kappa shape index (κ3) is 5.73. The molecule has 120 valence electrons. The second-order valence-electron chi connectivity index (χ2n) is 3.88. The van der Waals surface area contributed by atoms with Crippen molar-refractivity contribution >= 4 is 21.8 Å². The molecule has 0 saturated carbocycles. The number of alkyl halides is 3. The van der Waals surface area contributed by atoms with E-state index in [0.29, 0.717) is 5.56 Å². The van der Waals surface area contributed by atoms with Gasteiger partial charge in [-0.25, -0.2) is 13.1 Å². The van der Waals surface area contributed by atoms with Crippen molar-refractivity contribution in [1.82, 2.24) is 4.72 Å². The van der Waals surface area contributed by atoms with E-state index in [9.17, 15) is 21.6 Å². The lowest BCUT2D eigenvalue weighted by Crippen LogP contribution is -2.27. The third-order valence-electron chi connectivity index (χ3n) is 2.41. The summed E-state index contributed by atoms with van der Waals surface area (Å²) in [5.41, 5.74) is 1.74. The molecule has 0 aliphatic rings. The van der Waals surface area contributed by atoms with Crippen molar-refractivity contribution in [2.75, 3.05) is 19.4 Å². The van der Waals surface area contributed by atoms with Gasteiger partial charge in [-0.1, -0.05) is 6.07 Å². The Labute approximate surface area is 125 Å². The summed E-state index contributed by atoms with van der Waals surface area (Å²) < 4.78 is 67.0. The van der Waals surface area contributed by atoms with Crippen molar-refractivity contribution in [2.24, 2.45) is 5.73 Å². The van der Waals surface area contributed by atoms with Crippen LogP contribution in [-0.2, 0) is 16.6 Å². The Balaban J connectivity index is 2.79. The van der Waals surface area contributed by atoms with E-state index in [0.717, 1.165) is 0 Å². The van der Waals surface area contributed by atoms with Gasteiger partial charge in [0.15, 0.2) is 0 Å². The number of sulfonamides is 1. The smallest absolute Gasteiger partial charge is 0.441 e. The highest BCUT2D eigenvalue weighted by molar-refractivity contribution is 8.00. The lowest BCUT2D eigenvalue weighted by atomic mass is 10.2.